The van der Waals surface area contributed by atoms with Gasteiger partial charge in [0.15, 0.2) is 0 Å². The van der Waals surface area contributed by atoms with Gasteiger partial charge in [-0.1, -0.05) is 180 Å². The lowest BCUT2D eigenvalue weighted by Crippen LogP contribution is -2.53. The Kier molecular flexibility index (Phi) is 24.9. The van der Waals surface area contributed by atoms with E-state index >= 15 is 0 Å². The van der Waals surface area contributed by atoms with Crippen LogP contribution in [0.4, 0.5) is 0 Å². The minimum atomic E-state index is 0.411. The minimum absolute atomic E-state index is 0.411. The van der Waals surface area contributed by atoms with Crippen LogP contribution in [-0.4, -0.2) is 71.5 Å². The summed E-state index contributed by atoms with van der Waals surface area (Å²) in [5.74, 6) is 9.90. The Balaban J connectivity index is 0.850. The molecule has 4 nitrogen and oxygen atoms in total. The summed E-state index contributed by atoms with van der Waals surface area (Å²) in [6.07, 6.45) is 81.3. The van der Waals surface area contributed by atoms with Crippen molar-refractivity contribution in [3.05, 3.63) is 24.3 Å². The van der Waals surface area contributed by atoms with Crippen LogP contribution >= 0.6 is 0 Å². The minimum Gasteiger partial charge on any atom is -0.378 e. The van der Waals surface area contributed by atoms with Crippen molar-refractivity contribution in [1.29, 1.82) is 0 Å². The molecule has 0 aromatic carbocycles. The summed E-state index contributed by atoms with van der Waals surface area (Å²) in [4.78, 5) is 6.43. The van der Waals surface area contributed by atoms with E-state index in [4.69, 9.17) is 9.47 Å². The third-order valence-corrected chi connectivity index (χ3v) is 27.5. The van der Waals surface area contributed by atoms with Crippen molar-refractivity contribution in [2.45, 2.75) is 384 Å². The van der Waals surface area contributed by atoms with Crippen molar-refractivity contribution < 1.29 is 9.47 Å². The highest BCUT2D eigenvalue weighted by atomic mass is 16.5. The van der Waals surface area contributed by atoms with Crippen molar-refractivity contribution >= 4 is 0 Å². The van der Waals surface area contributed by atoms with Crippen LogP contribution in [0.1, 0.15) is 336 Å². The van der Waals surface area contributed by atoms with Gasteiger partial charge in [-0.15, -0.1) is 0 Å². The molecule has 474 valence electrons. The van der Waals surface area contributed by atoms with E-state index in [1.807, 2.05) is 0 Å². The summed E-state index contributed by atoms with van der Waals surface area (Å²) < 4.78 is 14.6. The van der Waals surface area contributed by atoms with Gasteiger partial charge in [0.25, 0.3) is 0 Å². The molecule has 11 fully saturated rings. The molecule has 0 aromatic rings. The average molecular weight is 1150 g/mol. The van der Waals surface area contributed by atoms with E-state index in [9.17, 15) is 0 Å². The SMILES string of the molecule is CCCCCCOC1CCC(C2(C3CCC(OCCCCCC)C(/C=C/C4CCC(N(C5CCCCC5)C5CCCCC5)CC4)C3)C3CC(C)CCC3C3CCC(C)CC32)CC1/C=C/C1CCC(N(C2CCCCC2)C2CCCCC2)CC1. The summed E-state index contributed by atoms with van der Waals surface area (Å²) in [6.45, 7) is 12.1. The third kappa shape index (κ3) is 15.9. The van der Waals surface area contributed by atoms with Gasteiger partial charge in [0.05, 0.1) is 12.2 Å². The summed E-state index contributed by atoms with van der Waals surface area (Å²) >= 11 is 0. The fraction of sp³-hybridized carbons (Fsp3) is 0.949. The summed E-state index contributed by atoms with van der Waals surface area (Å²) in [5.41, 5.74) is 0.467. The molecule has 12 unspecified atom stereocenters. The van der Waals surface area contributed by atoms with Gasteiger partial charge in [-0.25, -0.2) is 0 Å². The van der Waals surface area contributed by atoms with Crippen molar-refractivity contribution in [2.75, 3.05) is 13.2 Å². The Hall–Kier alpha value is -0.680. The Morgan fingerprint density at radius 2 is 0.687 bits per heavy atom. The molecule has 0 radical (unpaired) electrons. The van der Waals surface area contributed by atoms with Crippen LogP contribution < -0.4 is 0 Å². The van der Waals surface area contributed by atoms with Crippen LogP contribution in [0, 0.1) is 76.4 Å². The van der Waals surface area contributed by atoms with Gasteiger partial charge in [-0.2, -0.15) is 0 Å². The Morgan fingerprint density at radius 1 is 0.337 bits per heavy atom. The topological polar surface area (TPSA) is 24.9 Å². The molecule has 0 spiro atoms. The van der Waals surface area contributed by atoms with Crippen LogP contribution in [0.25, 0.3) is 0 Å². The normalized spacial score (nSPS) is 40.6. The molecule has 12 atom stereocenters. The van der Waals surface area contributed by atoms with Gasteiger partial charge >= 0.3 is 0 Å². The number of allylic oxidation sites excluding steroid dienone is 2. The first-order valence-electron chi connectivity index (χ1n) is 39.1. The van der Waals surface area contributed by atoms with Crippen LogP contribution in [0.3, 0.4) is 0 Å². The molecule has 11 saturated carbocycles. The van der Waals surface area contributed by atoms with Crippen molar-refractivity contribution in [3.8, 4) is 0 Å². The Labute approximate surface area is 515 Å². The fourth-order valence-corrected chi connectivity index (χ4v) is 23.5. The second-order valence-corrected chi connectivity index (χ2v) is 32.6. The first kappa shape index (κ1) is 63.9. The zero-order valence-electron chi connectivity index (χ0n) is 55.4. The van der Waals surface area contributed by atoms with Crippen molar-refractivity contribution in [1.82, 2.24) is 9.80 Å². The number of hydrogen-bond donors (Lipinski definition) is 0. The number of rotatable bonds is 24. The van der Waals surface area contributed by atoms with Gasteiger partial charge in [-0.05, 0) is 244 Å². The van der Waals surface area contributed by atoms with Gasteiger partial charge < -0.3 is 9.47 Å². The van der Waals surface area contributed by atoms with Crippen LogP contribution in [0.15, 0.2) is 24.3 Å². The average Bonchev–Trinajstić information content (AvgIpc) is 2.29. The second-order valence-electron chi connectivity index (χ2n) is 32.6. The van der Waals surface area contributed by atoms with E-state index < -0.39 is 0 Å². The Morgan fingerprint density at radius 3 is 1.04 bits per heavy atom. The molecule has 11 aliphatic rings. The summed E-state index contributed by atoms with van der Waals surface area (Å²) in [7, 11) is 0. The lowest BCUT2D eigenvalue weighted by atomic mass is 9.46. The number of nitrogens with zero attached hydrogens (tertiary/aromatic N) is 2. The second kappa shape index (κ2) is 32.4. The van der Waals surface area contributed by atoms with Crippen LogP contribution in [-0.2, 0) is 9.47 Å². The molecule has 11 aliphatic carbocycles. The number of unbranched alkanes of at least 4 members (excludes halogenated alkanes) is 6. The number of ether oxygens (including phenoxy) is 2. The molecule has 0 heterocycles. The molecule has 0 bridgehead atoms. The van der Waals surface area contributed by atoms with Crippen LogP contribution in [0.5, 0.6) is 0 Å². The van der Waals surface area contributed by atoms with E-state index in [0.29, 0.717) is 29.5 Å². The van der Waals surface area contributed by atoms with Gasteiger partial charge in [0, 0.05) is 61.3 Å². The van der Waals surface area contributed by atoms with E-state index in [0.717, 1.165) is 109 Å². The monoisotopic (exact) mass is 1150 g/mol. The maximum absolute atomic E-state index is 7.28. The molecule has 11 rings (SSSR count). The van der Waals surface area contributed by atoms with Crippen LogP contribution in [0.2, 0.25) is 0 Å². The standard InChI is InChI=1S/C79H136N2O2/c1-5-7-9-23-53-82-77-51-43-65(57-63(77)41-35-61-37-45-71(46-38-61)80(67-25-15-11-16-26-67)68-27-17-12-18-28-68)79(75-55-59(3)33-49-73(75)74-50-34-60(4)56-76(74)79)66-44-52-78(83-54-24-10-8-6-2)64(58-66)42-36-62-39-47-72(48-40-62)81(69-29-19-13-20-30-69)70-31-21-14-22-32-70/h35-36,41-42,59-78H,5-34,37-40,43-58H2,1-4H3/b41-35+,42-36+. The lowest BCUT2D eigenvalue weighted by Gasteiger charge is -2.59. The molecule has 0 amide bonds. The molecule has 4 heteroatoms. The summed E-state index contributed by atoms with van der Waals surface area (Å²) in [6, 6.07) is 5.19. The molecular formula is C79H136N2O2. The molecule has 0 saturated heterocycles. The first-order chi connectivity index (χ1) is 40.9. The predicted molar refractivity (Wildman–Crippen MR) is 353 cm³/mol. The molecule has 0 aliphatic heterocycles. The first-order valence-corrected chi connectivity index (χ1v) is 39.1. The van der Waals surface area contributed by atoms with Gasteiger partial charge in [0.2, 0.25) is 0 Å². The van der Waals surface area contributed by atoms with Gasteiger partial charge in [0.1, 0.15) is 0 Å². The predicted octanol–water partition coefficient (Wildman–Crippen LogP) is 22.0. The van der Waals surface area contributed by atoms with Crippen molar-refractivity contribution in [2.24, 2.45) is 76.4 Å². The van der Waals surface area contributed by atoms with E-state index in [1.165, 1.54) is 308 Å². The van der Waals surface area contributed by atoms with Gasteiger partial charge in [-0.3, -0.25) is 9.80 Å². The highest BCUT2D eigenvalue weighted by Crippen LogP contribution is 2.73. The highest BCUT2D eigenvalue weighted by Gasteiger charge is 2.67. The van der Waals surface area contributed by atoms with E-state index in [1.54, 1.807) is 0 Å². The lowest BCUT2D eigenvalue weighted by molar-refractivity contribution is -0.124. The highest BCUT2D eigenvalue weighted by molar-refractivity contribution is 5.17. The number of fused-ring (bicyclic) bond motifs is 3. The van der Waals surface area contributed by atoms with E-state index in [2.05, 4.69) is 61.8 Å². The zero-order chi connectivity index (χ0) is 56.8. The quantitative estimate of drug-likeness (QED) is 0.0710. The smallest absolute Gasteiger partial charge is 0.0637 e. The molecular weight excluding hydrogens is 1010 g/mol. The Bertz CT molecular complexity index is 1700. The number of hydrogen-bond acceptors (Lipinski definition) is 4. The molecule has 83 heavy (non-hydrogen) atoms. The fourth-order valence-electron chi connectivity index (χ4n) is 23.5. The summed E-state index contributed by atoms with van der Waals surface area (Å²) in [5, 5.41) is 0. The maximum Gasteiger partial charge on any atom is 0.0637 e. The van der Waals surface area contributed by atoms with E-state index in [-0.39, 0.29) is 0 Å². The molecule has 0 aromatic heterocycles. The largest absolute Gasteiger partial charge is 0.378 e. The van der Waals surface area contributed by atoms with Crippen molar-refractivity contribution in [3.63, 3.8) is 0 Å². The maximum atomic E-state index is 7.28. The third-order valence-electron chi connectivity index (χ3n) is 27.5. The zero-order valence-corrected chi connectivity index (χ0v) is 55.4. The molecule has 0 N–H and O–H groups in total.